The molecule has 1 fully saturated rings. The molecule has 0 aromatic heterocycles. The lowest BCUT2D eigenvalue weighted by Crippen LogP contribution is -2.47. The first-order chi connectivity index (χ1) is 17.7. The highest BCUT2D eigenvalue weighted by atomic mass is 35.5. The molecule has 0 N–H and O–H groups in total. The summed E-state index contributed by atoms with van der Waals surface area (Å²) in [4.78, 5) is 30.2. The van der Waals surface area contributed by atoms with Crippen LogP contribution < -0.4 is 0 Å². The Morgan fingerprint density at radius 2 is 1.50 bits per heavy atom. The number of alkyl halides is 3. The van der Waals surface area contributed by atoms with Crippen molar-refractivity contribution in [3.05, 3.63) is 64.2 Å². The first kappa shape index (κ1) is 35.3. The van der Waals surface area contributed by atoms with E-state index >= 15 is 0 Å². The SMILES string of the molecule is C=O.C=O.CC.Cc1cc(Cl)ccc1C(=O)N1CCC(C(C)(C)S(=O)(=O)c2cccc(C(F)(F)F)c2)CC1. The van der Waals surface area contributed by atoms with Crippen LogP contribution in [0.25, 0.3) is 0 Å². The molecule has 6 nitrogen and oxygen atoms in total. The molecule has 3 rings (SSSR count). The van der Waals surface area contributed by atoms with Crippen LogP contribution in [0.5, 0.6) is 0 Å². The van der Waals surface area contributed by atoms with Crippen molar-refractivity contribution in [3.8, 4) is 0 Å². The summed E-state index contributed by atoms with van der Waals surface area (Å²) in [5.74, 6) is -0.450. The van der Waals surface area contributed by atoms with Crippen LogP contribution in [-0.2, 0) is 25.6 Å². The molecule has 1 heterocycles. The van der Waals surface area contributed by atoms with Gasteiger partial charge in [0.1, 0.15) is 13.6 Å². The van der Waals surface area contributed by atoms with Gasteiger partial charge >= 0.3 is 6.18 Å². The molecule has 1 amide bonds. The predicted octanol–water partition coefficient (Wildman–Crippen LogP) is 6.43. The Hall–Kier alpha value is -2.72. The van der Waals surface area contributed by atoms with E-state index in [-0.39, 0.29) is 16.7 Å². The molecular formula is C27H35ClF3NO5S. The number of halogens is 4. The number of rotatable bonds is 4. The zero-order chi connectivity index (χ0) is 29.9. The van der Waals surface area contributed by atoms with Gasteiger partial charge in [0.05, 0.1) is 15.2 Å². The summed E-state index contributed by atoms with van der Waals surface area (Å²) >= 11 is 5.96. The highest BCUT2D eigenvalue weighted by molar-refractivity contribution is 7.92. The summed E-state index contributed by atoms with van der Waals surface area (Å²) in [7, 11) is -4.04. The van der Waals surface area contributed by atoms with E-state index in [0.29, 0.717) is 42.6 Å². The maximum Gasteiger partial charge on any atom is 0.416 e. The Morgan fingerprint density at radius 1 is 0.974 bits per heavy atom. The molecule has 1 saturated heterocycles. The van der Waals surface area contributed by atoms with Crippen LogP contribution in [0.4, 0.5) is 13.2 Å². The number of sulfone groups is 1. The largest absolute Gasteiger partial charge is 0.416 e. The van der Waals surface area contributed by atoms with Crippen LogP contribution in [0.1, 0.15) is 62.0 Å². The van der Waals surface area contributed by atoms with Gasteiger partial charge in [0.15, 0.2) is 9.84 Å². The van der Waals surface area contributed by atoms with Gasteiger partial charge in [-0.15, -0.1) is 0 Å². The zero-order valence-corrected chi connectivity index (χ0v) is 23.8. The first-order valence-electron chi connectivity index (χ1n) is 11.8. The minimum atomic E-state index is -4.62. The van der Waals surface area contributed by atoms with Crippen molar-refractivity contribution in [3.63, 3.8) is 0 Å². The Balaban J connectivity index is 0.00000213. The second-order valence-electron chi connectivity index (χ2n) is 8.66. The van der Waals surface area contributed by atoms with E-state index in [1.165, 1.54) is 6.07 Å². The summed E-state index contributed by atoms with van der Waals surface area (Å²) in [6.45, 7) is 13.6. The molecule has 2 aromatic rings. The molecule has 2 aromatic carbocycles. The summed E-state index contributed by atoms with van der Waals surface area (Å²) in [6, 6.07) is 8.91. The molecule has 0 radical (unpaired) electrons. The van der Waals surface area contributed by atoms with E-state index in [1.54, 1.807) is 43.9 Å². The molecule has 0 spiro atoms. The van der Waals surface area contributed by atoms with E-state index in [2.05, 4.69) is 0 Å². The number of hydrogen-bond donors (Lipinski definition) is 0. The van der Waals surface area contributed by atoms with Gasteiger partial charge < -0.3 is 14.5 Å². The molecule has 11 heteroatoms. The number of likely N-dealkylation sites (tertiary alicyclic amines) is 1. The van der Waals surface area contributed by atoms with E-state index in [4.69, 9.17) is 21.2 Å². The summed E-state index contributed by atoms with van der Waals surface area (Å²) in [5.41, 5.74) is 0.314. The van der Waals surface area contributed by atoms with Crippen molar-refractivity contribution < 1.29 is 36.0 Å². The molecule has 0 saturated carbocycles. The molecule has 38 heavy (non-hydrogen) atoms. The Kier molecular flexibility index (Phi) is 13.9. The number of hydrogen-bond acceptors (Lipinski definition) is 5. The maximum absolute atomic E-state index is 13.3. The minimum absolute atomic E-state index is 0.142. The summed E-state index contributed by atoms with van der Waals surface area (Å²) in [5, 5.41) is 0.541. The number of piperidine rings is 1. The van der Waals surface area contributed by atoms with Crippen molar-refractivity contribution in [1.82, 2.24) is 4.90 Å². The lowest BCUT2D eigenvalue weighted by molar-refractivity contribution is -0.137. The van der Waals surface area contributed by atoms with Crippen LogP contribution in [0.2, 0.25) is 5.02 Å². The van der Waals surface area contributed by atoms with Gasteiger partial charge in [0.25, 0.3) is 5.91 Å². The number of amides is 1. The van der Waals surface area contributed by atoms with Gasteiger partial charge in [-0.3, -0.25) is 4.79 Å². The second kappa shape index (κ2) is 15.0. The standard InChI is InChI=1S/C23H25ClF3NO3S.C2H6.2CH2O/c1-15-13-18(24)7-8-20(15)21(29)28-11-9-16(10-12-28)22(2,3)32(30,31)19-6-4-5-17(14-19)23(25,26)27;3*1-2/h4-8,13-14,16H,9-12H2,1-3H3;1-2H3;2*1H2. The quantitative estimate of drug-likeness (QED) is 0.418. The smallest absolute Gasteiger partial charge is 0.339 e. The lowest BCUT2D eigenvalue weighted by Gasteiger charge is -2.40. The van der Waals surface area contributed by atoms with Gasteiger partial charge in [-0.05, 0) is 81.5 Å². The van der Waals surface area contributed by atoms with E-state index in [9.17, 15) is 26.4 Å². The topological polar surface area (TPSA) is 88.6 Å². The highest BCUT2D eigenvalue weighted by Gasteiger charge is 2.45. The molecular weight excluding hydrogens is 543 g/mol. The molecule has 0 atom stereocenters. The molecule has 1 aliphatic rings. The van der Waals surface area contributed by atoms with Crippen molar-refractivity contribution in [2.24, 2.45) is 5.92 Å². The second-order valence-corrected chi connectivity index (χ2v) is 11.6. The van der Waals surface area contributed by atoms with Gasteiger partial charge in [0, 0.05) is 23.7 Å². The molecule has 1 aliphatic heterocycles. The van der Waals surface area contributed by atoms with E-state index < -0.39 is 26.3 Å². The Bertz CT molecular complexity index is 1160. The van der Waals surface area contributed by atoms with Crippen LogP contribution >= 0.6 is 11.6 Å². The molecule has 212 valence electrons. The monoisotopic (exact) mass is 577 g/mol. The Labute approximate surface area is 228 Å². The number of nitrogens with zero attached hydrogens (tertiary/aromatic N) is 1. The van der Waals surface area contributed by atoms with Crippen molar-refractivity contribution in [2.75, 3.05) is 13.1 Å². The maximum atomic E-state index is 13.3. The summed E-state index contributed by atoms with van der Waals surface area (Å²) in [6.07, 6.45) is -3.76. The predicted molar refractivity (Wildman–Crippen MR) is 143 cm³/mol. The fraction of sp³-hybridized carbons (Fsp3) is 0.444. The van der Waals surface area contributed by atoms with Gasteiger partial charge in [-0.2, -0.15) is 13.2 Å². The van der Waals surface area contributed by atoms with E-state index in [0.717, 1.165) is 17.7 Å². The average molecular weight is 578 g/mol. The van der Waals surface area contributed by atoms with Gasteiger partial charge in [0.2, 0.25) is 0 Å². The lowest BCUT2D eigenvalue weighted by atomic mass is 9.85. The number of carbonyl (C=O) groups excluding carboxylic acids is 3. The van der Waals surface area contributed by atoms with Crippen molar-refractivity contribution in [2.45, 2.75) is 63.3 Å². The van der Waals surface area contributed by atoms with Gasteiger partial charge in [-0.25, -0.2) is 8.42 Å². The number of carbonyl (C=O) groups is 3. The van der Waals surface area contributed by atoms with E-state index in [1.807, 2.05) is 27.4 Å². The fourth-order valence-electron chi connectivity index (χ4n) is 4.18. The van der Waals surface area contributed by atoms with Gasteiger partial charge in [-0.1, -0.05) is 31.5 Å². The average Bonchev–Trinajstić information content (AvgIpc) is 2.91. The third-order valence-corrected chi connectivity index (χ3v) is 9.18. The minimum Gasteiger partial charge on any atom is -0.339 e. The van der Waals surface area contributed by atoms with Crippen molar-refractivity contribution in [1.29, 1.82) is 0 Å². The summed E-state index contributed by atoms with van der Waals surface area (Å²) < 4.78 is 64.5. The number of benzene rings is 2. The third kappa shape index (κ3) is 8.14. The normalized spacial score (nSPS) is 14.1. The molecule has 0 unspecified atom stereocenters. The Morgan fingerprint density at radius 3 is 1.97 bits per heavy atom. The van der Waals surface area contributed by atoms with Crippen LogP contribution in [0.3, 0.4) is 0 Å². The highest BCUT2D eigenvalue weighted by Crippen LogP contribution is 2.39. The third-order valence-electron chi connectivity index (χ3n) is 6.35. The molecule has 0 bridgehead atoms. The number of aryl methyl sites for hydroxylation is 1. The first-order valence-corrected chi connectivity index (χ1v) is 13.7. The van der Waals surface area contributed by atoms with Crippen LogP contribution in [-0.4, -0.2) is 50.6 Å². The molecule has 0 aliphatic carbocycles. The fourth-order valence-corrected chi connectivity index (χ4v) is 6.23. The zero-order valence-electron chi connectivity index (χ0n) is 22.3. The van der Waals surface area contributed by atoms with Crippen molar-refractivity contribution >= 4 is 40.9 Å². The van der Waals surface area contributed by atoms with Crippen LogP contribution in [0, 0.1) is 12.8 Å². The van der Waals surface area contributed by atoms with Crippen LogP contribution in [0.15, 0.2) is 47.4 Å².